The molecule has 0 bridgehead atoms. The first-order valence-corrected chi connectivity index (χ1v) is 20.3. The lowest BCUT2D eigenvalue weighted by Crippen LogP contribution is -2.06. The first kappa shape index (κ1) is 32.7. The summed E-state index contributed by atoms with van der Waals surface area (Å²) < 4.78 is 4.75. The molecule has 12 aromatic rings. The Labute approximate surface area is 338 Å². The average molecular weight is 757 g/mol. The van der Waals surface area contributed by atoms with Gasteiger partial charge in [0.05, 0.1) is 15.7 Å². The lowest BCUT2D eigenvalue weighted by Gasteiger charge is -2.12. The van der Waals surface area contributed by atoms with Crippen molar-refractivity contribution in [1.82, 2.24) is 19.5 Å². The van der Waals surface area contributed by atoms with Crippen molar-refractivity contribution in [3.05, 3.63) is 194 Å². The SMILES string of the molecule is c1ccc(-c2ccc3sc4c(c3c2)c2ccccc2c2c3cc(-c5ccc6ccccc6c5)ccc3n(-c3nc(-c5ccccc5)nc(-c5ccccc5)n3)c42)cc1. The summed E-state index contributed by atoms with van der Waals surface area (Å²) in [7, 11) is 0. The molecule has 0 spiro atoms. The zero-order valence-corrected chi connectivity index (χ0v) is 32.0. The van der Waals surface area contributed by atoms with Crippen molar-refractivity contribution in [3.63, 3.8) is 0 Å². The Balaban J connectivity index is 1.23. The first-order chi connectivity index (χ1) is 28.7. The molecule has 0 atom stereocenters. The summed E-state index contributed by atoms with van der Waals surface area (Å²) in [5, 5.41) is 9.75. The van der Waals surface area contributed by atoms with E-state index in [1.165, 1.54) is 63.8 Å². The Kier molecular flexibility index (Phi) is 7.37. The zero-order chi connectivity index (χ0) is 38.2. The third-order valence-electron chi connectivity index (χ3n) is 11.4. The Bertz CT molecular complexity index is 3500. The smallest absolute Gasteiger partial charge is 0.238 e. The number of rotatable bonds is 5. The fourth-order valence-electron chi connectivity index (χ4n) is 8.69. The zero-order valence-electron chi connectivity index (χ0n) is 31.2. The average Bonchev–Trinajstić information content (AvgIpc) is 3.86. The van der Waals surface area contributed by atoms with Gasteiger partial charge in [0.25, 0.3) is 0 Å². The third kappa shape index (κ3) is 5.18. The lowest BCUT2D eigenvalue weighted by molar-refractivity contribution is 0.955. The van der Waals surface area contributed by atoms with Gasteiger partial charge in [-0.15, -0.1) is 11.3 Å². The minimum absolute atomic E-state index is 0.588. The van der Waals surface area contributed by atoms with E-state index in [0.717, 1.165) is 33.1 Å². The molecule has 0 aliphatic rings. The van der Waals surface area contributed by atoms with E-state index in [2.05, 4.69) is 162 Å². The highest BCUT2D eigenvalue weighted by atomic mass is 32.1. The van der Waals surface area contributed by atoms with Crippen LogP contribution in [0.2, 0.25) is 0 Å². The highest BCUT2D eigenvalue weighted by Gasteiger charge is 2.25. The largest absolute Gasteiger partial charge is 0.276 e. The van der Waals surface area contributed by atoms with Crippen molar-refractivity contribution in [2.24, 2.45) is 0 Å². The van der Waals surface area contributed by atoms with Crippen LogP contribution in [0.4, 0.5) is 0 Å². The van der Waals surface area contributed by atoms with E-state index in [0.29, 0.717) is 17.6 Å². The summed E-state index contributed by atoms with van der Waals surface area (Å²) in [6.07, 6.45) is 0. The fourth-order valence-corrected chi connectivity index (χ4v) is 9.93. The van der Waals surface area contributed by atoms with E-state index >= 15 is 0 Å². The van der Waals surface area contributed by atoms with Crippen LogP contribution in [0.3, 0.4) is 0 Å². The van der Waals surface area contributed by atoms with Crippen molar-refractivity contribution >= 4 is 74.9 Å². The van der Waals surface area contributed by atoms with Gasteiger partial charge >= 0.3 is 0 Å². The van der Waals surface area contributed by atoms with Crippen molar-refractivity contribution in [1.29, 1.82) is 0 Å². The minimum Gasteiger partial charge on any atom is -0.276 e. The van der Waals surface area contributed by atoms with Crippen LogP contribution in [0.5, 0.6) is 0 Å². The van der Waals surface area contributed by atoms with Crippen molar-refractivity contribution in [3.8, 4) is 51.0 Å². The van der Waals surface area contributed by atoms with Gasteiger partial charge in [0, 0.05) is 37.4 Å². The van der Waals surface area contributed by atoms with Crippen LogP contribution in [-0.4, -0.2) is 19.5 Å². The van der Waals surface area contributed by atoms with E-state index in [4.69, 9.17) is 15.0 Å². The molecule has 58 heavy (non-hydrogen) atoms. The van der Waals surface area contributed by atoms with Crippen LogP contribution in [-0.2, 0) is 0 Å². The van der Waals surface area contributed by atoms with Crippen molar-refractivity contribution < 1.29 is 0 Å². The fraction of sp³-hybridized carbons (Fsp3) is 0. The van der Waals surface area contributed by atoms with Crippen molar-refractivity contribution in [2.45, 2.75) is 0 Å². The molecule has 0 unspecified atom stereocenters. The summed E-state index contributed by atoms with van der Waals surface area (Å²) >= 11 is 1.85. The van der Waals surface area contributed by atoms with Crippen LogP contribution in [0.15, 0.2) is 194 Å². The number of hydrogen-bond acceptors (Lipinski definition) is 4. The molecule has 3 aromatic heterocycles. The van der Waals surface area contributed by atoms with Crippen molar-refractivity contribution in [2.75, 3.05) is 0 Å². The van der Waals surface area contributed by atoms with Gasteiger partial charge in [0.2, 0.25) is 5.95 Å². The molecule has 5 heteroatoms. The lowest BCUT2D eigenvalue weighted by atomic mass is 9.96. The summed E-state index contributed by atoms with van der Waals surface area (Å²) in [6.45, 7) is 0. The Morgan fingerprint density at radius 2 is 0.897 bits per heavy atom. The van der Waals surface area contributed by atoms with Gasteiger partial charge in [-0.05, 0) is 74.1 Å². The maximum atomic E-state index is 5.33. The van der Waals surface area contributed by atoms with E-state index < -0.39 is 0 Å². The highest BCUT2D eigenvalue weighted by Crippen LogP contribution is 2.49. The maximum absolute atomic E-state index is 5.33. The first-order valence-electron chi connectivity index (χ1n) is 19.5. The number of thiophene rings is 1. The second-order valence-electron chi connectivity index (χ2n) is 14.8. The Hall–Kier alpha value is -7.47. The molecular formula is C53H32N4S. The van der Waals surface area contributed by atoms with Gasteiger partial charge in [-0.3, -0.25) is 4.57 Å². The predicted molar refractivity (Wildman–Crippen MR) is 244 cm³/mol. The molecule has 0 saturated heterocycles. The van der Waals surface area contributed by atoms with E-state index in [1.54, 1.807) is 0 Å². The normalized spacial score (nSPS) is 11.8. The summed E-state index contributed by atoms with van der Waals surface area (Å²) in [5.74, 6) is 1.85. The topological polar surface area (TPSA) is 43.6 Å². The molecule has 0 radical (unpaired) electrons. The van der Waals surface area contributed by atoms with E-state index in [1.807, 2.05) is 47.7 Å². The second-order valence-corrected chi connectivity index (χ2v) is 15.8. The van der Waals surface area contributed by atoms with Crippen LogP contribution < -0.4 is 0 Å². The molecule has 0 fully saturated rings. The Morgan fingerprint density at radius 1 is 0.362 bits per heavy atom. The summed E-state index contributed by atoms with van der Waals surface area (Å²) in [5.41, 5.74) is 8.78. The number of aromatic nitrogens is 4. The maximum Gasteiger partial charge on any atom is 0.238 e. The molecule has 0 amide bonds. The predicted octanol–water partition coefficient (Wildman–Crippen LogP) is 14.3. The molecule has 0 N–H and O–H groups in total. The van der Waals surface area contributed by atoms with E-state index in [9.17, 15) is 0 Å². The number of benzene rings is 9. The molecule has 9 aromatic carbocycles. The highest BCUT2D eigenvalue weighted by molar-refractivity contribution is 7.27. The molecule has 0 saturated carbocycles. The molecule has 270 valence electrons. The third-order valence-corrected chi connectivity index (χ3v) is 12.6. The molecular weight excluding hydrogens is 725 g/mol. The molecule has 0 aliphatic carbocycles. The van der Waals surface area contributed by atoms with Crippen LogP contribution >= 0.6 is 11.3 Å². The van der Waals surface area contributed by atoms with Gasteiger partial charge in [-0.2, -0.15) is 9.97 Å². The molecule has 4 nitrogen and oxygen atoms in total. The molecule has 3 heterocycles. The second kappa shape index (κ2) is 13.1. The van der Waals surface area contributed by atoms with Gasteiger partial charge in [-0.25, -0.2) is 4.98 Å². The van der Waals surface area contributed by atoms with Gasteiger partial charge < -0.3 is 0 Å². The minimum atomic E-state index is 0.588. The number of hydrogen-bond donors (Lipinski definition) is 0. The summed E-state index contributed by atoms with van der Waals surface area (Å²) in [4.78, 5) is 15.7. The Morgan fingerprint density at radius 3 is 1.60 bits per heavy atom. The van der Waals surface area contributed by atoms with Gasteiger partial charge in [0.15, 0.2) is 11.6 Å². The molecule has 0 aliphatic heterocycles. The number of nitrogens with zero attached hydrogens (tertiary/aromatic N) is 4. The van der Waals surface area contributed by atoms with Gasteiger partial charge in [-0.1, -0.05) is 164 Å². The van der Waals surface area contributed by atoms with Gasteiger partial charge in [0.1, 0.15) is 0 Å². The monoisotopic (exact) mass is 756 g/mol. The molecule has 12 rings (SSSR count). The quantitative estimate of drug-likeness (QED) is 0.176. The van der Waals surface area contributed by atoms with Crippen LogP contribution in [0, 0.1) is 0 Å². The van der Waals surface area contributed by atoms with Crippen LogP contribution in [0.1, 0.15) is 0 Å². The standard InChI is InChI=1S/C53H32N4S/c1-4-14-33(15-5-1)39-27-29-46-44(32-39)48-42-23-13-12-22-41(42)47-43-31-40(38-25-24-34-16-10-11-21-37(34)30-38)26-28-45(43)57(49(47)50(48)58-46)53-55-51(35-17-6-2-7-18-35)54-52(56-53)36-19-8-3-9-20-36/h1-32H. The summed E-state index contributed by atoms with van der Waals surface area (Å²) in [6, 6.07) is 69.1. The number of fused-ring (bicyclic) bond motifs is 11. The van der Waals surface area contributed by atoms with Crippen LogP contribution in [0.25, 0.3) is 115 Å². The van der Waals surface area contributed by atoms with E-state index in [-0.39, 0.29) is 0 Å².